The van der Waals surface area contributed by atoms with E-state index in [0.717, 1.165) is 63.9 Å². The van der Waals surface area contributed by atoms with Crippen molar-refractivity contribution in [2.24, 2.45) is 5.92 Å². The second-order valence-corrected chi connectivity index (χ2v) is 9.32. The van der Waals surface area contributed by atoms with Gasteiger partial charge in [0.2, 0.25) is 6.79 Å². The molecule has 2 saturated heterocycles. The summed E-state index contributed by atoms with van der Waals surface area (Å²) in [4.78, 5) is 23.3. The third-order valence-corrected chi connectivity index (χ3v) is 7.03. The van der Waals surface area contributed by atoms with E-state index in [9.17, 15) is 4.79 Å². The van der Waals surface area contributed by atoms with Gasteiger partial charge < -0.3 is 24.4 Å². The van der Waals surface area contributed by atoms with E-state index < -0.39 is 0 Å². The van der Waals surface area contributed by atoms with Crippen molar-refractivity contribution in [1.29, 1.82) is 0 Å². The zero-order valence-corrected chi connectivity index (χ0v) is 18.4. The first-order chi connectivity index (χ1) is 15.2. The third-order valence-electron chi connectivity index (χ3n) is 5.99. The molecule has 4 heterocycles. The number of fused-ring (bicyclic) bond motifs is 1. The van der Waals surface area contributed by atoms with Gasteiger partial charge in [-0.3, -0.25) is 9.69 Å². The Kier molecular flexibility index (Phi) is 6.24. The first kappa shape index (κ1) is 20.5. The number of anilines is 1. The second-order valence-electron chi connectivity index (χ2n) is 8.23. The van der Waals surface area contributed by atoms with Crippen molar-refractivity contribution in [3.8, 4) is 11.5 Å². The van der Waals surface area contributed by atoms with Gasteiger partial charge in [0.25, 0.3) is 5.91 Å². The molecule has 0 radical (unpaired) electrons. The molecular weight excluding hydrogens is 416 g/mol. The lowest BCUT2D eigenvalue weighted by atomic mass is 9.98. The minimum atomic E-state index is -0.0620. The van der Waals surface area contributed by atoms with E-state index in [4.69, 9.17) is 14.2 Å². The van der Waals surface area contributed by atoms with Gasteiger partial charge in [-0.25, -0.2) is 4.98 Å². The Labute approximate surface area is 186 Å². The molecule has 0 aliphatic carbocycles. The Hall–Kier alpha value is -2.36. The molecule has 1 aromatic carbocycles. The zero-order chi connectivity index (χ0) is 21.0. The number of hydrogen-bond acceptors (Lipinski definition) is 8. The number of aromatic nitrogens is 1. The van der Waals surface area contributed by atoms with Crippen LogP contribution in [0, 0.1) is 5.92 Å². The summed E-state index contributed by atoms with van der Waals surface area (Å²) in [7, 11) is 0. The molecule has 166 valence electrons. The molecule has 5 rings (SSSR count). The van der Waals surface area contributed by atoms with Crippen molar-refractivity contribution in [2.75, 3.05) is 57.6 Å². The third kappa shape index (κ3) is 4.94. The second kappa shape index (κ2) is 9.42. The number of likely N-dealkylation sites (tertiary alicyclic amines) is 1. The smallest absolute Gasteiger partial charge is 0.251 e. The van der Waals surface area contributed by atoms with Crippen LogP contribution in [0.1, 0.15) is 28.1 Å². The van der Waals surface area contributed by atoms with E-state index in [0.29, 0.717) is 29.5 Å². The minimum Gasteiger partial charge on any atom is -0.454 e. The largest absolute Gasteiger partial charge is 0.454 e. The Morgan fingerprint density at radius 1 is 1.19 bits per heavy atom. The first-order valence-corrected chi connectivity index (χ1v) is 11.7. The van der Waals surface area contributed by atoms with Crippen LogP contribution in [0.2, 0.25) is 0 Å². The lowest BCUT2D eigenvalue weighted by Crippen LogP contribution is -2.40. The van der Waals surface area contributed by atoms with E-state index in [-0.39, 0.29) is 12.7 Å². The summed E-state index contributed by atoms with van der Waals surface area (Å²) in [5.41, 5.74) is 0.609. The lowest BCUT2D eigenvalue weighted by Gasteiger charge is -2.32. The van der Waals surface area contributed by atoms with Gasteiger partial charge in [0.15, 0.2) is 16.6 Å². The molecule has 0 spiro atoms. The number of ether oxygens (including phenoxy) is 3. The van der Waals surface area contributed by atoms with Crippen LogP contribution in [-0.2, 0) is 11.3 Å². The molecule has 1 N–H and O–H groups in total. The average molecular weight is 445 g/mol. The summed E-state index contributed by atoms with van der Waals surface area (Å²) in [5.74, 6) is 1.73. The van der Waals surface area contributed by atoms with Crippen LogP contribution in [-0.4, -0.2) is 68.5 Å². The number of nitrogens with zero attached hydrogens (tertiary/aromatic N) is 3. The predicted molar refractivity (Wildman–Crippen MR) is 118 cm³/mol. The molecule has 2 fully saturated rings. The maximum absolute atomic E-state index is 12.6. The topological polar surface area (TPSA) is 76.2 Å². The zero-order valence-electron chi connectivity index (χ0n) is 17.5. The van der Waals surface area contributed by atoms with Gasteiger partial charge in [0, 0.05) is 49.4 Å². The van der Waals surface area contributed by atoms with Gasteiger partial charge in [-0.2, -0.15) is 0 Å². The van der Waals surface area contributed by atoms with Gasteiger partial charge in [-0.05, 0) is 43.5 Å². The fraction of sp³-hybridized carbons (Fsp3) is 0.545. The maximum Gasteiger partial charge on any atom is 0.251 e. The quantitative estimate of drug-likeness (QED) is 0.733. The molecular formula is C22H28N4O4S. The number of rotatable bonds is 6. The Bertz CT molecular complexity index is 915. The molecule has 2 aromatic rings. The van der Waals surface area contributed by atoms with E-state index >= 15 is 0 Å². The summed E-state index contributed by atoms with van der Waals surface area (Å²) in [5, 5.41) is 4.20. The van der Waals surface area contributed by atoms with Crippen LogP contribution < -0.4 is 19.7 Å². The summed E-state index contributed by atoms with van der Waals surface area (Å²) in [6.45, 7) is 7.31. The van der Waals surface area contributed by atoms with E-state index in [2.05, 4.69) is 20.1 Å². The fourth-order valence-electron chi connectivity index (χ4n) is 4.33. The number of piperidine rings is 1. The number of nitrogens with one attached hydrogen (secondary N) is 1. The molecule has 8 nitrogen and oxygen atoms in total. The molecule has 3 aliphatic heterocycles. The molecule has 31 heavy (non-hydrogen) atoms. The van der Waals surface area contributed by atoms with E-state index in [1.54, 1.807) is 29.5 Å². The number of thiazole rings is 1. The molecule has 0 bridgehead atoms. The first-order valence-electron chi connectivity index (χ1n) is 10.9. The van der Waals surface area contributed by atoms with Crippen LogP contribution in [0.4, 0.5) is 5.13 Å². The summed E-state index contributed by atoms with van der Waals surface area (Å²) < 4.78 is 16.1. The van der Waals surface area contributed by atoms with Gasteiger partial charge in [0.1, 0.15) is 0 Å². The van der Waals surface area contributed by atoms with Gasteiger partial charge in [-0.1, -0.05) is 0 Å². The summed E-state index contributed by atoms with van der Waals surface area (Å²) in [6, 6.07) is 5.33. The van der Waals surface area contributed by atoms with Crippen LogP contribution in [0.15, 0.2) is 24.4 Å². The van der Waals surface area contributed by atoms with Crippen LogP contribution in [0.3, 0.4) is 0 Å². The Morgan fingerprint density at radius 2 is 2.06 bits per heavy atom. The molecule has 1 amide bonds. The molecule has 1 aromatic heterocycles. The lowest BCUT2D eigenvalue weighted by molar-refractivity contribution is 0.0930. The number of carbonyl (C=O) groups excluding carboxylic acids is 1. The van der Waals surface area contributed by atoms with Crippen molar-refractivity contribution >= 4 is 22.4 Å². The molecule has 1 atom stereocenters. The number of amides is 1. The van der Waals surface area contributed by atoms with Gasteiger partial charge in [-0.15, -0.1) is 11.3 Å². The highest BCUT2D eigenvalue weighted by atomic mass is 32.1. The summed E-state index contributed by atoms with van der Waals surface area (Å²) >= 11 is 1.79. The van der Waals surface area contributed by atoms with Crippen LogP contribution in [0.5, 0.6) is 11.5 Å². The van der Waals surface area contributed by atoms with Gasteiger partial charge >= 0.3 is 0 Å². The Balaban J connectivity index is 1.11. The van der Waals surface area contributed by atoms with E-state index in [1.165, 1.54) is 4.88 Å². The van der Waals surface area contributed by atoms with Crippen molar-refractivity contribution in [3.05, 3.63) is 34.8 Å². The molecule has 3 aliphatic rings. The number of morpholine rings is 1. The highest BCUT2D eigenvalue weighted by molar-refractivity contribution is 7.15. The van der Waals surface area contributed by atoms with Crippen molar-refractivity contribution in [2.45, 2.75) is 19.4 Å². The maximum atomic E-state index is 12.6. The van der Waals surface area contributed by atoms with E-state index in [1.807, 2.05) is 6.20 Å². The molecule has 0 saturated carbocycles. The fourth-order valence-corrected chi connectivity index (χ4v) is 5.33. The highest BCUT2D eigenvalue weighted by Gasteiger charge is 2.23. The summed E-state index contributed by atoms with van der Waals surface area (Å²) in [6.07, 6.45) is 4.31. The SMILES string of the molecule is O=C(NC[C@H]1CCCN(Cc2cnc(N3CCOCC3)s2)C1)c1ccc2c(c1)OCO2. The van der Waals surface area contributed by atoms with Crippen LogP contribution in [0.25, 0.3) is 0 Å². The van der Waals surface area contributed by atoms with Crippen molar-refractivity contribution < 1.29 is 19.0 Å². The monoisotopic (exact) mass is 444 g/mol. The molecule has 9 heteroatoms. The van der Waals surface area contributed by atoms with Gasteiger partial charge in [0.05, 0.1) is 13.2 Å². The standard InChI is InChI=1S/C22H28N4O4S/c27-21(17-3-4-19-20(10-17)30-15-29-19)23-11-16-2-1-5-25(13-16)14-18-12-24-22(31-18)26-6-8-28-9-7-26/h3-4,10,12,16H,1-2,5-9,11,13-15H2,(H,23,27)/t16-/m1/s1. The number of carbonyl (C=O) groups is 1. The Morgan fingerprint density at radius 3 is 2.97 bits per heavy atom. The predicted octanol–water partition coefficient (Wildman–Crippen LogP) is 2.35. The average Bonchev–Trinajstić information content (AvgIpc) is 3.47. The molecule has 0 unspecified atom stereocenters. The highest BCUT2D eigenvalue weighted by Crippen LogP contribution is 2.32. The van der Waals surface area contributed by atoms with Crippen molar-refractivity contribution in [1.82, 2.24) is 15.2 Å². The minimum absolute atomic E-state index is 0.0620. The number of benzene rings is 1. The number of hydrogen-bond donors (Lipinski definition) is 1. The normalized spacial score (nSPS) is 21.3. The van der Waals surface area contributed by atoms with Crippen molar-refractivity contribution in [3.63, 3.8) is 0 Å². The van der Waals surface area contributed by atoms with Crippen LogP contribution >= 0.6 is 11.3 Å².